The summed E-state index contributed by atoms with van der Waals surface area (Å²) in [6.07, 6.45) is -1.11. The molecule has 1 amide bonds. The normalized spacial score (nSPS) is 19.9. The molecule has 0 bridgehead atoms. The quantitative estimate of drug-likeness (QED) is 0.0489. The number of aromatic nitrogens is 4. The van der Waals surface area contributed by atoms with Gasteiger partial charge in [-0.15, -0.1) is 0 Å². The molecule has 0 saturated carbocycles. The zero-order chi connectivity index (χ0) is 49.5. The molecule has 3 N–H and O–H groups in total. The molecule has 2 aliphatic heterocycles. The standard InChI is InChI=1S/C48H63N8O10PS2/c1-31(2)45(57)53-43-40-44(51-29-50-43)55(30-52-40)46-42(65-47(68)54-23-26-69(58,59)27-24-54)41(66-67(63-25-22-49)56(32(3)4)33(5)6)39(64-46)28-62-48(34-12-10-9-11-13-34,35-14-18-37(60-7)19-15-35)36-16-20-38(61-8)21-17-36/h9-21,29-33,39,41-42,46H,22-28,49H2,1-8H3,(H,50,51,53,57)/t39-,41?,42?,46-,67?/m1/s1. The number of nitrogens with zero attached hydrogens (tertiary/aromatic N) is 6. The van der Waals surface area contributed by atoms with Gasteiger partial charge in [-0.1, -0.05) is 68.4 Å². The number of benzene rings is 3. The van der Waals surface area contributed by atoms with Crippen molar-refractivity contribution in [1.29, 1.82) is 0 Å². The van der Waals surface area contributed by atoms with Crippen LogP contribution in [-0.2, 0) is 43.5 Å². The summed E-state index contributed by atoms with van der Waals surface area (Å²) in [5, 5.41) is 2.94. The molecule has 3 aromatic carbocycles. The van der Waals surface area contributed by atoms with Crippen LogP contribution >= 0.6 is 20.7 Å². The summed E-state index contributed by atoms with van der Waals surface area (Å²) in [5.41, 5.74) is 7.89. The predicted molar refractivity (Wildman–Crippen MR) is 268 cm³/mol. The molecule has 0 spiro atoms. The Kier molecular flexibility index (Phi) is 17.2. The smallest absolute Gasteiger partial charge is 0.259 e. The number of nitrogens with one attached hydrogen (secondary N) is 1. The number of ether oxygens (including phenoxy) is 5. The van der Waals surface area contributed by atoms with Gasteiger partial charge in [0.2, 0.25) is 5.91 Å². The van der Waals surface area contributed by atoms with Gasteiger partial charge in [-0.2, -0.15) is 0 Å². The maximum Gasteiger partial charge on any atom is 0.259 e. The Bertz CT molecular complexity index is 2540. The van der Waals surface area contributed by atoms with E-state index in [1.54, 1.807) is 43.9 Å². The van der Waals surface area contributed by atoms with Crippen LogP contribution in [0.5, 0.6) is 11.5 Å². The van der Waals surface area contributed by atoms with E-state index in [9.17, 15) is 13.2 Å². The van der Waals surface area contributed by atoms with Gasteiger partial charge in [0, 0.05) is 37.6 Å². The van der Waals surface area contributed by atoms with Gasteiger partial charge >= 0.3 is 0 Å². The third kappa shape index (κ3) is 11.7. The first-order chi connectivity index (χ1) is 33.1. The van der Waals surface area contributed by atoms with Crippen molar-refractivity contribution in [3.63, 3.8) is 0 Å². The van der Waals surface area contributed by atoms with Crippen molar-refractivity contribution in [2.24, 2.45) is 11.7 Å². The van der Waals surface area contributed by atoms with Crippen molar-refractivity contribution in [3.05, 3.63) is 108 Å². The minimum Gasteiger partial charge on any atom is -0.497 e. The first-order valence-electron chi connectivity index (χ1n) is 23.0. The molecule has 372 valence electrons. The highest BCUT2D eigenvalue weighted by atomic mass is 32.2. The van der Waals surface area contributed by atoms with Gasteiger partial charge in [0.25, 0.3) is 13.7 Å². The van der Waals surface area contributed by atoms with Crippen molar-refractivity contribution in [2.45, 2.75) is 83.8 Å². The largest absolute Gasteiger partial charge is 0.497 e. The molecule has 69 heavy (non-hydrogen) atoms. The second-order valence-corrected chi connectivity index (χ2v) is 21.6. The molecule has 0 aliphatic carbocycles. The minimum atomic E-state index is -3.26. The fourth-order valence-electron chi connectivity index (χ4n) is 8.44. The molecule has 7 rings (SSSR count). The van der Waals surface area contributed by atoms with Crippen molar-refractivity contribution < 1.29 is 45.9 Å². The van der Waals surface area contributed by atoms with Crippen LogP contribution < -0.4 is 20.5 Å². The topological polar surface area (TPSA) is 204 Å². The average Bonchev–Trinajstić information content (AvgIpc) is 3.92. The lowest BCUT2D eigenvalue weighted by Gasteiger charge is -2.39. The van der Waals surface area contributed by atoms with Gasteiger partial charge in [-0.25, -0.2) is 28.0 Å². The average molecular weight is 1010 g/mol. The van der Waals surface area contributed by atoms with E-state index in [2.05, 4.69) is 47.7 Å². The van der Waals surface area contributed by atoms with Crippen molar-refractivity contribution in [2.75, 3.05) is 63.9 Å². The van der Waals surface area contributed by atoms with E-state index < -0.39 is 48.5 Å². The molecule has 5 aromatic rings. The van der Waals surface area contributed by atoms with Crippen LogP contribution in [0.15, 0.2) is 91.5 Å². The second kappa shape index (κ2) is 22.9. The SMILES string of the molecule is COc1ccc(C(OC[C@H]2O[C@@H](n3cnc4c(NC(=O)C(C)C)ncnc43)C(OC(=S)N3CCS(=O)(=O)CC3)C2OP(OCCN)N(C(C)C)C(C)C)(c2ccccc2)c2ccc(OC)cc2)cc1. The molecule has 2 fully saturated rings. The van der Waals surface area contributed by atoms with Crippen LogP contribution in [-0.4, -0.2) is 138 Å². The van der Waals surface area contributed by atoms with E-state index >= 15 is 0 Å². The highest BCUT2D eigenvalue weighted by molar-refractivity contribution is 7.91. The maximum absolute atomic E-state index is 12.9. The number of sulfone groups is 1. The summed E-state index contributed by atoms with van der Waals surface area (Å²) >= 11 is 6.02. The maximum atomic E-state index is 12.9. The summed E-state index contributed by atoms with van der Waals surface area (Å²) in [6, 6.07) is 25.3. The first-order valence-corrected chi connectivity index (χ1v) is 26.3. The Morgan fingerprint density at radius 3 is 2.03 bits per heavy atom. The van der Waals surface area contributed by atoms with Gasteiger partial charge in [0.1, 0.15) is 35.6 Å². The fraction of sp³-hybridized carbons (Fsp3) is 0.479. The number of thiocarbonyl (C=S) groups is 1. The monoisotopic (exact) mass is 1010 g/mol. The summed E-state index contributed by atoms with van der Waals surface area (Å²) in [4.78, 5) is 28.4. The van der Waals surface area contributed by atoms with E-state index in [-0.39, 0.29) is 79.3 Å². The number of carbonyl (C=O) groups is 1. The van der Waals surface area contributed by atoms with Crippen LogP contribution in [0.4, 0.5) is 5.82 Å². The van der Waals surface area contributed by atoms with E-state index in [1.165, 1.54) is 6.33 Å². The second-order valence-electron chi connectivity index (χ2n) is 17.6. The zero-order valence-corrected chi connectivity index (χ0v) is 42.8. The van der Waals surface area contributed by atoms with Crippen LogP contribution in [0.25, 0.3) is 11.2 Å². The molecule has 2 aliphatic rings. The van der Waals surface area contributed by atoms with E-state index in [0.717, 1.165) is 16.7 Å². The van der Waals surface area contributed by atoms with E-state index in [1.807, 2.05) is 78.9 Å². The molecule has 2 aromatic heterocycles. The van der Waals surface area contributed by atoms with Gasteiger partial charge in [0.05, 0.1) is 45.3 Å². The highest BCUT2D eigenvalue weighted by Gasteiger charge is 2.53. The lowest BCUT2D eigenvalue weighted by molar-refractivity contribution is -0.118. The number of hydrogen-bond donors (Lipinski definition) is 2. The Morgan fingerprint density at radius 2 is 1.48 bits per heavy atom. The van der Waals surface area contributed by atoms with Gasteiger partial charge in [0.15, 0.2) is 39.2 Å². The molecule has 3 unspecified atom stereocenters. The lowest BCUT2D eigenvalue weighted by Crippen LogP contribution is -2.48. The third-order valence-corrected chi connectivity index (χ3v) is 16.0. The Labute approximate surface area is 411 Å². The molecule has 2 saturated heterocycles. The minimum absolute atomic E-state index is 0.0258. The number of methoxy groups -OCH3 is 2. The number of amides is 1. The number of imidazole rings is 1. The number of rotatable bonds is 20. The molecular formula is C48H63N8O10PS2. The summed E-state index contributed by atoms with van der Waals surface area (Å²) in [5.74, 6) is 0.816. The van der Waals surface area contributed by atoms with Gasteiger partial charge in [-0.05, 0) is 80.9 Å². The van der Waals surface area contributed by atoms with Crippen LogP contribution in [0.3, 0.4) is 0 Å². The van der Waals surface area contributed by atoms with E-state index in [0.29, 0.717) is 22.7 Å². The Hall–Kier alpha value is -4.89. The summed E-state index contributed by atoms with van der Waals surface area (Å²) in [6.45, 7) is 12.5. The summed E-state index contributed by atoms with van der Waals surface area (Å²) in [7, 11) is -1.88. The highest BCUT2D eigenvalue weighted by Crippen LogP contribution is 2.51. The van der Waals surface area contributed by atoms with Crippen LogP contribution in [0, 0.1) is 5.92 Å². The molecule has 5 atom stereocenters. The lowest BCUT2D eigenvalue weighted by atomic mass is 9.80. The number of anilines is 1. The molecule has 0 radical (unpaired) electrons. The number of fused-ring (bicyclic) bond motifs is 1. The third-order valence-electron chi connectivity index (χ3n) is 11.9. The fourth-order valence-corrected chi connectivity index (χ4v) is 11.7. The Balaban J connectivity index is 1.40. The zero-order valence-electron chi connectivity index (χ0n) is 40.3. The molecule has 21 heteroatoms. The number of hydrogen-bond acceptors (Lipinski definition) is 16. The van der Waals surface area contributed by atoms with Crippen LogP contribution in [0.2, 0.25) is 0 Å². The summed E-state index contributed by atoms with van der Waals surface area (Å²) < 4.78 is 75.6. The molecular weight excluding hydrogens is 944 g/mol. The molecule has 18 nitrogen and oxygen atoms in total. The van der Waals surface area contributed by atoms with Crippen molar-refractivity contribution in [1.82, 2.24) is 29.1 Å². The molecule has 4 heterocycles. The first kappa shape index (κ1) is 51.9. The van der Waals surface area contributed by atoms with Gasteiger partial charge in [-0.3, -0.25) is 9.36 Å². The van der Waals surface area contributed by atoms with E-state index in [4.69, 9.17) is 55.7 Å². The van der Waals surface area contributed by atoms with Crippen LogP contribution in [0.1, 0.15) is 64.5 Å². The predicted octanol–water partition coefficient (Wildman–Crippen LogP) is 6.45. The Morgan fingerprint density at radius 1 is 0.884 bits per heavy atom. The number of nitrogens with two attached hydrogens (primary N) is 1. The van der Waals surface area contributed by atoms with Crippen molar-refractivity contribution >= 4 is 58.6 Å². The number of carbonyl (C=O) groups excluding carboxylic acids is 1. The van der Waals surface area contributed by atoms with Gasteiger partial charge < -0.3 is 48.7 Å². The van der Waals surface area contributed by atoms with Crippen molar-refractivity contribution in [3.8, 4) is 11.5 Å².